The Bertz CT molecular complexity index is 1100. The molecule has 2 N–H and O–H groups in total. The van der Waals surface area contributed by atoms with Gasteiger partial charge in [-0.05, 0) is 37.5 Å². The molecule has 9 heteroatoms. The summed E-state index contributed by atoms with van der Waals surface area (Å²) in [5.41, 5.74) is 0.594. The predicted octanol–water partition coefficient (Wildman–Crippen LogP) is 2.88. The third-order valence-electron chi connectivity index (χ3n) is 5.55. The molecular formula is C20H20ClFN2O5. The third kappa shape index (κ3) is 3.16. The van der Waals surface area contributed by atoms with Crippen LogP contribution in [0.15, 0.2) is 27.5 Å². The number of aromatic carboxylic acids is 1. The minimum absolute atomic E-state index is 0.136. The number of carboxylic acids is 1. The van der Waals surface area contributed by atoms with Crippen LogP contribution in [-0.2, 0) is 0 Å². The highest BCUT2D eigenvalue weighted by Gasteiger charge is 2.31. The molecule has 0 saturated carbocycles. The number of anilines is 1. The molecule has 0 radical (unpaired) electrons. The first-order valence-electron chi connectivity index (χ1n) is 9.33. The van der Waals surface area contributed by atoms with E-state index in [0.717, 1.165) is 5.57 Å². The lowest BCUT2D eigenvalue weighted by Gasteiger charge is -2.35. The molecular weight excluding hydrogens is 403 g/mol. The second kappa shape index (κ2) is 7.35. The Morgan fingerprint density at radius 2 is 2.03 bits per heavy atom. The van der Waals surface area contributed by atoms with Crippen molar-refractivity contribution in [2.45, 2.75) is 25.8 Å². The molecule has 2 aromatic rings. The second-order valence-electron chi connectivity index (χ2n) is 7.33. The summed E-state index contributed by atoms with van der Waals surface area (Å²) in [6, 6.07) is 2.07. The maximum absolute atomic E-state index is 15.1. The molecule has 1 atom stereocenters. The number of rotatable bonds is 3. The lowest BCUT2D eigenvalue weighted by Crippen LogP contribution is -2.36. The number of pyridine rings is 1. The molecule has 1 aromatic carbocycles. The van der Waals surface area contributed by atoms with Gasteiger partial charge in [0, 0.05) is 23.5 Å². The highest BCUT2D eigenvalue weighted by molar-refractivity contribution is 6.30. The van der Waals surface area contributed by atoms with E-state index in [4.69, 9.17) is 16.3 Å². The van der Waals surface area contributed by atoms with E-state index in [2.05, 4.69) is 0 Å². The number of ether oxygens (including phenoxy) is 1. The molecule has 0 amide bonds. The van der Waals surface area contributed by atoms with Crippen LogP contribution in [0.4, 0.5) is 10.1 Å². The highest BCUT2D eigenvalue weighted by Crippen LogP contribution is 2.43. The molecule has 29 heavy (non-hydrogen) atoms. The van der Waals surface area contributed by atoms with Crippen LogP contribution in [0.2, 0.25) is 0 Å². The van der Waals surface area contributed by atoms with Gasteiger partial charge in [0.25, 0.3) is 5.56 Å². The summed E-state index contributed by atoms with van der Waals surface area (Å²) in [5.74, 6) is -1.63. The lowest BCUT2D eigenvalue weighted by molar-refractivity contribution is 0.0694. The van der Waals surface area contributed by atoms with Crippen LogP contribution >= 0.6 is 11.6 Å². The molecule has 1 aromatic heterocycles. The number of aromatic nitrogens is 1. The zero-order chi connectivity index (χ0) is 20.9. The zero-order valence-corrected chi connectivity index (χ0v) is 16.5. The number of piperidine rings is 1. The van der Waals surface area contributed by atoms with Crippen molar-refractivity contribution in [1.29, 1.82) is 0 Å². The fraction of sp³-hybridized carbons (Fsp3) is 0.400. The van der Waals surface area contributed by atoms with E-state index in [1.54, 1.807) is 6.92 Å². The van der Waals surface area contributed by atoms with Gasteiger partial charge in [0.2, 0.25) is 0 Å². The van der Waals surface area contributed by atoms with E-state index < -0.39 is 22.9 Å². The molecule has 2 aliphatic rings. The summed E-state index contributed by atoms with van der Waals surface area (Å²) < 4.78 is 22.4. The molecule has 7 nitrogen and oxygen atoms in total. The van der Waals surface area contributed by atoms with Gasteiger partial charge in [-0.3, -0.25) is 9.36 Å². The Morgan fingerprint density at radius 3 is 2.66 bits per heavy atom. The summed E-state index contributed by atoms with van der Waals surface area (Å²) in [7, 11) is 0. The van der Waals surface area contributed by atoms with Crippen LogP contribution < -0.4 is 15.2 Å². The summed E-state index contributed by atoms with van der Waals surface area (Å²) in [4.78, 5) is 26.1. The van der Waals surface area contributed by atoms with E-state index in [1.165, 1.54) is 16.7 Å². The van der Waals surface area contributed by atoms with Crippen LogP contribution in [-0.4, -0.2) is 47.1 Å². The smallest absolute Gasteiger partial charge is 0.341 e. The molecule has 0 aliphatic carbocycles. The number of carbonyl (C=O) groups is 1. The van der Waals surface area contributed by atoms with Gasteiger partial charge in [-0.25, -0.2) is 9.18 Å². The van der Waals surface area contributed by atoms with Gasteiger partial charge in [-0.15, -0.1) is 0 Å². The van der Waals surface area contributed by atoms with E-state index in [9.17, 15) is 19.8 Å². The molecule has 0 bridgehead atoms. The Balaban J connectivity index is 1.88. The highest BCUT2D eigenvalue weighted by atomic mass is 35.5. The van der Waals surface area contributed by atoms with E-state index in [1.807, 2.05) is 4.90 Å². The molecule has 3 heterocycles. The maximum atomic E-state index is 15.1. The average Bonchev–Trinajstić information content (AvgIpc) is 2.70. The van der Waals surface area contributed by atoms with Gasteiger partial charge in [-0.2, -0.15) is 0 Å². The minimum atomic E-state index is -1.35. The first-order chi connectivity index (χ1) is 13.8. The maximum Gasteiger partial charge on any atom is 0.341 e. The number of carboxylic acid groups (broad SMARTS) is 1. The van der Waals surface area contributed by atoms with Crippen molar-refractivity contribution in [2.75, 3.05) is 31.2 Å². The van der Waals surface area contributed by atoms with Crippen molar-refractivity contribution >= 4 is 34.2 Å². The number of aliphatic hydroxyl groups is 1. The SMILES string of the molecule is C[C@H]1COc2c(N3CCC(=C(Cl)CO)CC3)c(F)cc3cc(C(=O)O)c(=O)n1c23. The molecule has 2 aliphatic heterocycles. The zero-order valence-electron chi connectivity index (χ0n) is 15.7. The van der Waals surface area contributed by atoms with E-state index in [0.29, 0.717) is 41.9 Å². The third-order valence-corrected chi connectivity index (χ3v) is 5.93. The molecule has 0 unspecified atom stereocenters. The monoisotopic (exact) mass is 422 g/mol. The molecule has 4 rings (SSSR count). The number of halogens is 2. The van der Waals surface area contributed by atoms with Gasteiger partial charge in [0.15, 0.2) is 11.6 Å². The first-order valence-corrected chi connectivity index (χ1v) is 9.71. The first kappa shape index (κ1) is 19.7. The number of benzene rings is 1. The summed E-state index contributed by atoms with van der Waals surface area (Å²) >= 11 is 6.04. The van der Waals surface area contributed by atoms with Crippen molar-refractivity contribution in [3.05, 3.63) is 44.5 Å². The normalized spacial score (nSPS) is 18.7. The Kier molecular flexibility index (Phi) is 5.00. The lowest BCUT2D eigenvalue weighted by atomic mass is 10.0. The number of hydrogen-bond acceptors (Lipinski definition) is 5. The van der Waals surface area contributed by atoms with Crippen LogP contribution in [0, 0.1) is 5.82 Å². The number of hydrogen-bond donors (Lipinski definition) is 2. The standard InChI is InChI=1S/C20H20ClFN2O5/c1-10-9-29-18-16-12(6-13(20(27)28)19(26)24(10)16)7-15(22)17(18)23-4-2-11(3-5-23)14(21)8-25/h6-7,10,25H,2-5,8-9H2,1H3,(H,27,28)/t10-/m0/s1. The second-order valence-corrected chi connectivity index (χ2v) is 7.78. The molecule has 1 saturated heterocycles. The topological polar surface area (TPSA) is 92.0 Å². The molecule has 154 valence electrons. The van der Waals surface area contributed by atoms with Crippen molar-refractivity contribution in [3.63, 3.8) is 0 Å². The van der Waals surface area contributed by atoms with Gasteiger partial charge >= 0.3 is 5.97 Å². The van der Waals surface area contributed by atoms with Gasteiger partial charge in [0.05, 0.1) is 18.2 Å². The van der Waals surface area contributed by atoms with Gasteiger partial charge < -0.3 is 19.8 Å². The van der Waals surface area contributed by atoms with Crippen molar-refractivity contribution < 1.29 is 24.1 Å². The molecule has 1 fully saturated rings. The number of aliphatic hydroxyl groups excluding tert-OH is 1. The van der Waals surface area contributed by atoms with Gasteiger partial charge in [0.1, 0.15) is 17.9 Å². The van der Waals surface area contributed by atoms with E-state index in [-0.39, 0.29) is 30.7 Å². The minimum Gasteiger partial charge on any atom is -0.487 e. The Morgan fingerprint density at radius 1 is 1.34 bits per heavy atom. The van der Waals surface area contributed by atoms with Crippen molar-refractivity contribution in [3.8, 4) is 5.75 Å². The Labute approximate surface area is 170 Å². The van der Waals surface area contributed by atoms with Crippen molar-refractivity contribution in [1.82, 2.24) is 4.57 Å². The number of nitrogens with zero attached hydrogens (tertiary/aromatic N) is 2. The average molecular weight is 423 g/mol. The van der Waals surface area contributed by atoms with Crippen LogP contribution in [0.3, 0.4) is 0 Å². The van der Waals surface area contributed by atoms with Crippen LogP contribution in [0.25, 0.3) is 10.9 Å². The Hall–Kier alpha value is -2.58. The summed E-state index contributed by atoms with van der Waals surface area (Å²) in [5, 5.41) is 19.3. The fourth-order valence-electron chi connectivity index (χ4n) is 4.10. The van der Waals surface area contributed by atoms with Gasteiger partial charge in [-0.1, -0.05) is 11.6 Å². The molecule has 0 spiro atoms. The summed E-state index contributed by atoms with van der Waals surface area (Å²) in [6.45, 7) is 2.64. The van der Waals surface area contributed by atoms with Crippen molar-refractivity contribution in [2.24, 2.45) is 0 Å². The van der Waals surface area contributed by atoms with Crippen LogP contribution in [0.1, 0.15) is 36.2 Å². The summed E-state index contributed by atoms with van der Waals surface area (Å²) in [6.07, 6.45) is 1.16. The van der Waals surface area contributed by atoms with E-state index >= 15 is 4.39 Å². The largest absolute Gasteiger partial charge is 0.487 e. The fourth-order valence-corrected chi connectivity index (χ4v) is 4.29. The quantitative estimate of drug-likeness (QED) is 0.790. The van der Waals surface area contributed by atoms with Crippen LogP contribution in [0.5, 0.6) is 5.75 Å². The predicted molar refractivity (Wildman–Crippen MR) is 107 cm³/mol.